The van der Waals surface area contributed by atoms with E-state index in [1.807, 2.05) is 0 Å². The number of hydrogen-bond acceptors (Lipinski definition) is 0. The first-order chi connectivity index (χ1) is 26.5. The topological polar surface area (TPSA) is 0 Å². The van der Waals surface area contributed by atoms with Crippen LogP contribution in [0.3, 0.4) is 0 Å². The van der Waals surface area contributed by atoms with Gasteiger partial charge >= 0.3 is 0 Å². The molecule has 54 heavy (non-hydrogen) atoms. The molecule has 0 amide bonds. The lowest BCUT2D eigenvalue weighted by atomic mass is 9.63. The van der Waals surface area contributed by atoms with E-state index in [2.05, 4.69) is 196 Å². The summed E-state index contributed by atoms with van der Waals surface area (Å²) in [7, 11) is 0. The molecule has 3 aliphatic rings. The molecule has 12 rings (SSSR count). The van der Waals surface area contributed by atoms with E-state index in [0.29, 0.717) is 0 Å². The summed E-state index contributed by atoms with van der Waals surface area (Å²) in [5.74, 6) is 0. The molecule has 0 nitrogen and oxygen atoms in total. The highest BCUT2D eigenvalue weighted by Crippen LogP contribution is 2.70. The minimum absolute atomic E-state index is 0.204. The highest BCUT2D eigenvalue weighted by Gasteiger charge is 2.58. The Hall–Kier alpha value is -6.50. The Balaban J connectivity index is 1.14. The Labute approximate surface area is 315 Å². The van der Waals surface area contributed by atoms with Gasteiger partial charge in [0.15, 0.2) is 0 Å². The Kier molecular flexibility index (Phi) is 5.87. The van der Waals surface area contributed by atoms with Gasteiger partial charge in [-0.3, -0.25) is 0 Å². The molecule has 0 heteroatoms. The van der Waals surface area contributed by atoms with E-state index >= 15 is 0 Å². The summed E-state index contributed by atoms with van der Waals surface area (Å²) in [6.45, 7) is 4.89. The van der Waals surface area contributed by atoms with Crippen molar-refractivity contribution in [2.45, 2.75) is 19.3 Å². The summed E-state index contributed by atoms with van der Waals surface area (Å²) in [6.07, 6.45) is 2.57. The van der Waals surface area contributed by atoms with E-state index in [9.17, 15) is 0 Å². The van der Waals surface area contributed by atoms with Crippen molar-refractivity contribution >= 4 is 54.2 Å². The third-order valence-corrected chi connectivity index (χ3v) is 12.8. The van der Waals surface area contributed by atoms with E-state index in [4.69, 9.17) is 0 Å². The molecule has 0 saturated carbocycles. The predicted molar refractivity (Wildman–Crippen MR) is 229 cm³/mol. The maximum absolute atomic E-state index is 2.57. The van der Waals surface area contributed by atoms with Gasteiger partial charge in [0.1, 0.15) is 0 Å². The summed E-state index contributed by atoms with van der Waals surface area (Å²) in [6, 6.07) is 66.4. The van der Waals surface area contributed by atoms with Gasteiger partial charge in [-0.05, 0) is 122 Å². The third-order valence-electron chi connectivity index (χ3n) is 12.8. The Morgan fingerprint density at radius 3 is 1.54 bits per heavy atom. The first-order valence-electron chi connectivity index (χ1n) is 19.2. The van der Waals surface area contributed by atoms with Gasteiger partial charge in [0, 0.05) is 5.41 Å². The number of benzene rings is 9. The fraction of sp³-hybridized carbons (Fsp3) is 0.0741. The Bertz CT molecular complexity index is 3180. The maximum Gasteiger partial charge on any atom is 0.0697 e. The lowest BCUT2D eigenvalue weighted by Gasteiger charge is -2.38. The molecule has 0 fully saturated rings. The third kappa shape index (κ3) is 3.77. The van der Waals surface area contributed by atoms with Crippen molar-refractivity contribution in [3.63, 3.8) is 0 Å². The van der Waals surface area contributed by atoms with Gasteiger partial charge < -0.3 is 0 Å². The zero-order valence-corrected chi connectivity index (χ0v) is 30.3. The largest absolute Gasteiger partial charge is 0.0697 e. The monoisotopic (exact) mass is 684 g/mol. The van der Waals surface area contributed by atoms with E-state index in [1.54, 1.807) is 0 Å². The van der Waals surface area contributed by atoms with Gasteiger partial charge in [0.2, 0.25) is 0 Å². The van der Waals surface area contributed by atoms with Crippen LogP contribution in [0.1, 0.15) is 41.7 Å². The molecule has 0 radical (unpaired) electrons. The quantitative estimate of drug-likeness (QED) is 0.159. The van der Waals surface area contributed by atoms with Gasteiger partial charge in [-0.2, -0.15) is 0 Å². The number of fused-ring (bicyclic) bond motifs is 15. The fourth-order valence-corrected chi connectivity index (χ4v) is 10.8. The molecule has 0 saturated heterocycles. The van der Waals surface area contributed by atoms with Crippen LogP contribution in [-0.4, -0.2) is 0 Å². The molecule has 0 aromatic heterocycles. The van der Waals surface area contributed by atoms with Crippen molar-refractivity contribution < 1.29 is 0 Å². The van der Waals surface area contributed by atoms with Crippen LogP contribution >= 0.6 is 0 Å². The summed E-state index contributed by atoms with van der Waals surface area (Å²) in [5.41, 5.74) is 15.7. The second-order valence-electron chi connectivity index (χ2n) is 16.0. The minimum Gasteiger partial charge on any atom is -0.0662 e. The Morgan fingerprint density at radius 2 is 0.852 bits per heavy atom. The zero-order chi connectivity index (χ0) is 35.8. The van der Waals surface area contributed by atoms with Gasteiger partial charge in [-0.25, -0.2) is 0 Å². The summed E-state index contributed by atoms with van der Waals surface area (Å²) >= 11 is 0. The van der Waals surface area contributed by atoms with Crippen LogP contribution in [0.4, 0.5) is 0 Å². The van der Waals surface area contributed by atoms with Gasteiger partial charge in [-0.1, -0.05) is 184 Å². The zero-order valence-electron chi connectivity index (χ0n) is 30.3. The molecule has 1 unspecified atom stereocenters. The molecule has 252 valence electrons. The van der Waals surface area contributed by atoms with Crippen molar-refractivity contribution in [1.29, 1.82) is 0 Å². The normalized spacial score (nSPS) is 17.7. The van der Waals surface area contributed by atoms with Crippen LogP contribution < -0.4 is 0 Å². The molecule has 0 N–H and O–H groups in total. The lowest BCUT2D eigenvalue weighted by molar-refractivity contribution is 0.519. The smallest absolute Gasteiger partial charge is 0.0662 e. The van der Waals surface area contributed by atoms with Crippen molar-refractivity contribution in [2.24, 2.45) is 5.41 Å². The van der Waals surface area contributed by atoms with Crippen LogP contribution in [0.25, 0.3) is 76.5 Å². The highest BCUT2D eigenvalue weighted by atomic mass is 14.6. The molecule has 0 aliphatic heterocycles. The summed E-state index contributed by atoms with van der Waals surface area (Å²) in [5, 5.41) is 10.3. The van der Waals surface area contributed by atoms with E-state index in [0.717, 1.165) is 0 Å². The highest BCUT2D eigenvalue weighted by molar-refractivity contribution is 6.18. The molecular weight excluding hydrogens is 649 g/mol. The molecule has 9 aromatic carbocycles. The minimum atomic E-state index is -0.414. The van der Waals surface area contributed by atoms with Crippen molar-refractivity contribution in [3.8, 4) is 22.3 Å². The first-order valence-corrected chi connectivity index (χ1v) is 19.2. The second-order valence-corrected chi connectivity index (χ2v) is 16.0. The van der Waals surface area contributed by atoms with Crippen molar-refractivity contribution in [3.05, 3.63) is 215 Å². The molecule has 1 atom stereocenters. The second kappa shape index (κ2) is 10.6. The molecular formula is C54H36. The van der Waals surface area contributed by atoms with E-state index < -0.39 is 5.41 Å². The van der Waals surface area contributed by atoms with Crippen LogP contribution in [0, 0.1) is 5.41 Å². The number of rotatable bonds is 2. The standard InChI is InChI=1S/C54H36/c1-53(2)32-46(38-29-27-36-25-23-34-13-4-6-15-40(34)45(36)31-38)51-43-17-8-10-20-48(43)54(52(51)53)47-19-9-7-16-42(47)50-41(18-11-21-49(50)54)37-28-26-35-24-22-33-12-3-5-14-39(33)44(35)30-37/h3-32H,1-2H3. The lowest BCUT2D eigenvalue weighted by Crippen LogP contribution is -2.33. The maximum atomic E-state index is 2.57. The van der Waals surface area contributed by atoms with Crippen LogP contribution in [0.2, 0.25) is 0 Å². The van der Waals surface area contributed by atoms with Crippen LogP contribution in [0.5, 0.6) is 0 Å². The molecule has 1 spiro atoms. The first kappa shape index (κ1) is 30.0. The average molecular weight is 685 g/mol. The molecule has 0 heterocycles. The van der Waals surface area contributed by atoms with Crippen molar-refractivity contribution in [2.75, 3.05) is 0 Å². The molecule has 9 aromatic rings. The van der Waals surface area contributed by atoms with Crippen molar-refractivity contribution in [1.82, 2.24) is 0 Å². The van der Waals surface area contributed by atoms with Crippen LogP contribution in [-0.2, 0) is 5.41 Å². The SMILES string of the molecule is CC1(C)C=C(c2ccc3ccc4ccccc4c3c2)C2=C1C1(c3ccccc32)c2ccccc2-c2c(-c3ccc4ccc5ccccc5c4c3)cccc21. The van der Waals surface area contributed by atoms with Crippen LogP contribution in [0.15, 0.2) is 188 Å². The fourth-order valence-electron chi connectivity index (χ4n) is 10.8. The number of hydrogen-bond donors (Lipinski definition) is 0. The van der Waals surface area contributed by atoms with E-state index in [-0.39, 0.29) is 5.41 Å². The molecule has 0 bridgehead atoms. The van der Waals surface area contributed by atoms with Gasteiger partial charge in [0.25, 0.3) is 0 Å². The average Bonchev–Trinajstić information content (AvgIpc) is 3.81. The number of allylic oxidation sites excluding steroid dienone is 4. The molecule has 3 aliphatic carbocycles. The van der Waals surface area contributed by atoms with E-state index in [1.165, 1.54) is 110 Å². The van der Waals surface area contributed by atoms with Gasteiger partial charge in [0.05, 0.1) is 5.41 Å². The predicted octanol–water partition coefficient (Wildman–Crippen LogP) is 14.2. The summed E-state index contributed by atoms with van der Waals surface area (Å²) in [4.78, 5) is 0. The van der Waals surface area contributed by atoms with Gasteiger partial charge in [-0.15, -0.1) is 0 Å². The Morgan fingerprint density at radius 1 is 0.370 bits per heavy atom. The summed E-state index contributed by atoms with van der Waals surface area (Å²) < 4.78 is 0.